The van der Waals surface area contributed by atoms with Crippen LogP contribution in [0.2, 0.25) is 0 Å². The summed E-state index contributed by atoms with van der Waals surface area (Å²) < 4.78 is 19.9. The lowest BCUT2D eigenvalue weighted by molar-refractivity contribution is -0.121. The minimum absolute atomic E-state index is 0.207. The Balaban J connectivity index is 1.86. The predicted molar refractivity (Wildman–Crippen MR) is 101 cm³/mol. The Morgan fingerprint density at radius 2 is 2.12 bits per heavy atom. The maximum atomic E-state index is 13.3. The first kappa shape index (κ1) is 17.6. The molecule has 0 radical (unpaired) electrons. The van der Waals surface area contributed by atoms with Crippen molar-refractivity contribution >= 4 is 45.2 Å². The van der Waals surface area contributed by atoms with Crippen molar-refractivity contribution in [3.63, 3.8) is 0 Å². The van der Waals surface area contributed by atoms with E-state index in [4.69, 9.17) is 17.0 Å². The lowest BCUT2D eigenvalue weighted by atomic mass is 10.1. The van der Waals surface area contributed by atoms with Crippen LogP contribution < -0.4 is 10.1 Å². The summed E-state index contributed by atoms with van der Waals surface area (Å²) in [4.78, 5) is 13.5. The van der Waals surface area contributed by atoms with E-state index >= 15 is 0 Å². The number of thiocarbonyl (C=S) groups is 1. The number of ether oxygens (including phenoxy) is 1. The van der Waals surface area contributed by atoms with E-state index in [9.17, 15) is 9.18 Å². The zero-order valence-electron chi connectivity index (χ0n) is 13.3. The fourth-order valence-corrected chi connectivity index (χ4v) is 2.90. The molecule has 1 aliphatic rings. The standard InChI is InChI=1S/C18H14BrFN2O2S/c1-22-17(23)15(21-18(22)25)9-12-8-13(19)5-6-16(12)24-10-11-3-2-4-14(20)7-11/h2-9H,10H2,1H3,(H,21,25). The number of halogens is 2. The average molecular weight is 421 g/mol. The highest BCUT2D eigenvalue weighted by atomic mass is 79.9. The van der Waals surface area contributed by atoms with E-state index in [0.29, 0.717) is 22.1 Å². The number of hydrogen-bond acceptors (Lipinski definition) is 3. The molecule has 1 aliphatic heterocycles. The Hall–Kier alpha value is -2.25. The molecule has 1 heterocycles. The molecular formula is C18H14BrFN2O2S. The molecule has 1 fully saturated rings. The van der Waals surface area contributed by atoms with Crippen molar-refractivity contribution in [2.24, 2.45) is 0 Å². The Bertz CT molecular complexity index is 885. The number of carbonyl (C=O) groups is 1. The van der Waals surface area contributed by atoms with Gasteiger partial charge in [0.1, 0.15) is 23.9 Å². The highest BCUT2D eigenvalue weighted by molar-refractivity contribution is 9.10. The second kappa shape index (κ2) is 7.33. The summed E-state index contributed by atoms with van der Waals surface area (Å²) in [6.45, 7) is 0.218. The van der Waals surface area contributed by atoms with E-state index in [-0.39, 0.29) is 18.3 Å². The van der Waals surface area contributed by atoms with Crippen molar-refractivity contribution in [2.45, 2.75) is 6.61 Å². The fraction of sp³-hybridized carbons (Fsp3) is 0.111. The van der Waals surface area contributed by atoms with Gasteiger partial charge < -0.3 is 10.1 Å². The molecule has 1 saturated heterocycles. The van der Waals surface area contributed by atoms with Gasteiger partial charge in [0.25, 0.3) is 5.91 Å². The Labute approximate surface area is 158 Å². The molecule has 3 rings (SSSR count). The van der Waals surface area contributed by atoms with Gasteiger partial charge in [0.15, 0.2) is 5.11 Å². The molecule has 7 heteroatoms. The topological polar surface area (TPSA) is 41.6 Å². The molecular weight excluding hydrogens is 407 g/mol. The van der Waals surface area contributed by atoms with Crippen LogP contribution in [0.1, 0.15) is 11.1 Å². The zero-order chi connectivity index (χ0) is 18.0. The number of benzene rings is 2. The van der Waals surface area contributed by atoms with Gasteiger partial charge in [-0.25, -0.2) is 4.39 Å². The van der Waals surface area contributed by atoms with Crippen LogP contribution in [-0.4, -0.2) is 23.0 Å². The van der Waals surface area contributed by atoms with Gasteiger partial charge >= 0.3 is 0 Å². The van der Waals surface area contributed by atoms with Gasteiger partial charge in [-0.1, -0.05) is 28.1 Å². The maximum absolute atomic E-state index is 13.3. The van der Waals surface area contributed by atoms with Crippen molar-refractivity contribution < 1.29 is 13.9 Å². The highest BCUT2D eigenvalue weighted by Crippen LogP contribution is 2.27. The van der Waals surface area contributed by atoms with Gasteiger partial charge in [-0.05, 0) is 54.2 Å². The van der Waals surface area contributed by atoms with Crippen molar-refractivity contribution in [3.8, 4) is 5.75 Å². The summed E-state index contributed by atoms with van der Waals surface area (Å²) in [5.41, 5.74) is 1.80. The number of likely N-dealkylation sites (N-methyl/N-ethyl adjacent to an activating group) is 1. The van der Waals surface area contributed by atoms with Crippen LogP contribution in [-0.2, 0) is 11.4 Å². The normalized spacial score (nSPS) is 15.6. The SMILES string of the molecule is CN1C(=O)C(=Cc2cc(Br)ccc2OCc2cccc(F)c2)NC1=S. The summed E-state index contributed by atoms with van der Waals surface area (Å²) in [6.07, 6.45) is 1.68. The monoisotopic (exact) mass is 420 g/mol. The molecule has 0 unspecified atom stereocenters. The van der Waals surface area contributed by atoms with E-state index in [2.05, 4.69) is 21.2 Å². The second-order valence-electron chi connectivity index (χ2n) is 5.45. The third-order valence-corrected chi connectivity index (χ3v) is 4.51. The maximum Gasteiger partial charge on any atom is 0.276 e. The fourth-order valence-electron chi connectivity index (χ4n) is 2.33. The van der Waals surface area contributed by atoms with E-state index in [1.54, 1.807) is 31.3 Å². The first-order valence-electron chi connectivity index (χ1n) is 7.41. The van der Waals surface area contributed by atoms with Gasteiger partial charge in [-0.3, -0.25) is 9.69 Å². The van der Waals surface area contributed by atoms with Gasteiger partial charge in [-0.2, -0.15) is 0 Å². The molecule has 2 aromatic rings. The van der Waals surface area contributed by atoms with Crippen LogP contribution in [0.5, 0.6) is 5.75 Å². The number of rotatable bonds is 4. The minimum Gasteiger partial charge on any atom is -0.488 e. The molecule has 0 atom stereocenters. The van der Waals surface area contributed by atoms with E-state index in [1.807, 2.05) is 12.1 Å². The molecule has 1 N–H and O–H groups in total. The van der Waals surface area contributed by atoms with Gasteiger partial charge in [0.2, 0.25) is 0 Å². The van der Waals surface area contributed by atoms with Crippen LogP contribution in [0.25, 0.3) is 6.08 Å². The van der Waals surface area contributed by atoms with Crippen LogP contribution >= 0.6 is 28.1 Å². The van der Waals surface area contributed by atoms with E-state index in [1.165, 1.54) is 17.0 Å². The minimum atomic E-state index is -0.309. The first-order chi connectivity index (χ1) is 11.9. The van der Waals surface area contributed by atoms with Gasteiger partial charge in [0, 0.05) is 17.1 Å². The van der Waals surface area contributed by atoms with Crippen LogP contribution in [0.3, 0.4) is 0 Å². The number of nitrogens with zero attached hydrogens (tertiary/aromatic N) is 1. The Morgan fingerprint density at radius 1 is 1.32 bits per heavy atom. The van der Waals surface area contributed by atoms with Gasteiger partial charge in [0.05, 0.1) is 0 Å². The molecule has 0 bridgehead atoms. The largest absolute Gasteiger partial charge is 0.488 e. The summed E-state index contributed by atoms with van der Waals surface area (Å²) in [7, 11) is 1.61. The predicted octanol–water partition coefficient (Wildman–Crippen LogP) is 3.85. The first-order valence-corrected chi connectivity index (χ1v) is 8.61. The molecule has 1 amide bonds. The molecule has 128 valence electrons. The lowest BCUT2D eigenvalue weighted by Crippen LogP contribution is -2.25. The molecule has 0 aliphatic carbocycles. The van der Waals surface area contributed by atoms with Crippen molar-refractivity contribution in [1.82, 2.24) is 10.2 Å². The smallest absolute Gasteiger partial charge is 0.276 e. The van der Waals surface area contributed by atoms with Crippen LogP contribution in [0.4, 0.5) is 4.39 Å². The lowest BCUT2D eigenvalue weighted by Gasteiger charge is -2.10. The Kier molecular flexibility index (Phi) is 5.15. The van der Waals surface area contributed by atoms with Crippen molar-refractivity contribution in [1.29, 1.82) is 0 Å². The summed E-state index contributed by atoms with van der Waals surface area (Å²) >= 11 is 8.49. The molecule has 0 aromatic heterocycles. The van der Waals surface area contributed by atoms with E-state index in [0.717, 1.165) is 10.0 Å². The van der Waals surface area contributed by atoms with Crippen molar-refractivity contribution in [2.75, 3.05) is 7.05 Å². The highest BCUT2D eigenvalue weighted by Gasteiger charge is 2.27. The molecule has 25 heavy (non-hydrogen) atoms. The number of nitrogens with one attached hydrogen (secondary N) is 1. The van der Waals surface area contributed by atoms with Crippen LogP contribution in [0.15, 0.2) is 52.6 Å². The third-order valence-electron chi connectivity index (χ3n) is 3.64. The summed E-state index contributed by atoms with van der Waals surface area (Å²) in [5.74, 6) is 0.0626. The molecule has 0 spiro atoms. The Morgan fingerprint density at radius 3 is 2.80 bits per heavy atom. The zero-order valence-corrected chi connectivity index (χ0v) is 15.7. The number of carbonyl (C=O) groups excluding carboxylic acids is 1. The second-order valence-corrected chi connectivity index (χ2v) is 6.76. The summed E-state index contributed by atoms with van der Waals surface area (Å²) in [6, 6.07) is 11.7. The number of hydrogen-bond donors (Lipinski definition) is 1. The van der Waals surface area contributed by atoms with Crippen LogP contribution in [0, 0.1) is 5.82 Å². The molecule has 0 saturated carbocycles. The quantitative estimate of drug-likeness (QED) is 0.602. The molecule has 2 aromatic carbocycles. The summed E-state index contributed by atoms with van der Waals surface area (Å²) in [5, 5.41) is 3.23. The van der Waals surface area contributed by atoms with Gasteiger partial charge in [-0.15, -0.1) is 0 Å². The van der Waals surface area contributed by atoms with E-state index < -0.39 is 0 Å². The van der Waals surface area contributed by atoms with Crippen molar-refractivity contribution in [3.05, 3.63) is 69.6 Å². The molecule has 4 nitrogen and oxygen atoms in total. The average Bonchev–Trinajstić information content (AvgIpc) is 2.81. The third kappa shape index (κ3) is 4.05. The number of amides is 1.